The van der Waals surface area contributed by atoms with Crippen LogP contribution in [0.5, 0.6) is 0 Å². The number of hydrogen-bond acceptors (Lipinski definition) is 3. The van der Waals surface area contributed by atoms with Gasteiger partial charge in [-0.3, -0.25) is 4.90 Å². The molecule has 0 radical (unpaired) electrons. The number of morpholine rings is 1. The molecule has 17 heavy (non-hydrogen) atoms. The van der Waals surface area contributed by atoms with E-state index in [4.69, 9.17) is 4.74 Å². The number of nitrogens with zero attached hydrogens (tertiary/aromatic N) is 1. The van der Waals surface area contributed by atoms with Gasteiger partial charge >= 0.3 is 0 Å². The van der Waals surface area contributed by atoms with Gasteiger partial charge in [0, 0.05) is 32.2 Å². The van der Waals surface area contributed by atoms with Crippen molar-refractivity contribution in [1.29, 1.82) is 0 Å². The molecule has 0 amide bonds. The summed E-state index contributed by atoms with van der Waals surface area (Å²) in [6.07, 6.45) is 0. The van der Waals surface area contributed by atoms with Crippen LogP contribution in [0, 0.1) is 6.92 Å². The van der Waals surface area contributed by atoms with Crippen LogP contribution in [-0.4, -0.2) is 37.7 Å². The molecule has 1 atom stereocenters. The minimum Gasteiger partial charge on any atom is -0.379 e. The Balaban J connectivity index is 1.92. The summed E-state index contributed by atoms with van der Waals surface area (Å²) in [6, 6.07) is 7.18. The first-order valence-corrected chi connectivity index (χ1v) is 6.47. The number of hydrogen-bond donors (Lipinski definition) is 1. The third-order valence-corrected chi connectivity index (χ3v) is 3.89. The zero-order valence-electron chi connectivity index (χ0n) is 10.4. The molecule has 0 bridgehead atoms. The predicted molar refractivity (Wildman–Crippen MR) is 68.0 cm³/mol. The van der Waals surface area contributed by atoms with E-state index >= 15 is 0 Å². The third-order valence-electron chi connectivity index (χ3n) is 3.89. The maximum absolute atomic E-state index is 5.45. The van der Waals surface area contributed by atoms with Crippen LogP contribution in [0.4, 0.5) is 0 Å². The quantitative estimate of drug-likeness (QED) is 0.793. The summed E-state index contributed by atoms with van der Waals surface area (Å²) in [7, 11) is 0. The molecule has 0 unspecified atom stereocenters. The van der Waals surface area contributed by atoms with Crippen molar-refractivity contribution in [3.63, 3.8) is 0 Å². The molecule has 1 aromatic rings. The largest absolute Gasteiger partial charge is 0.379 e. The smallest absolute Gasteiger partial charge is 0.0594 e. The van der Waals surface area contributed by atoms with Crippen molar-refractivity contribution < 1.29 is 4.74 Å². The number of benzene rings is 1. The Morgan fingerprint density at radius 3 is 2.94 bits per heavy atom. The lowest BCUT2D eigenvalue weighted by Gasteiger charge is -2.39. The van der Waals surface area contributed by atoms with E-state index in [1.807, 2.05) is 0 Å². The summed E-state index contributed by atoms with van der Waals surface area (Å²) in [5.41, 5.74) is 4.45. The molecule has 1 aromatic carbocycles. The predicted octanol–water partition coefficient (Wildman–Crippen LogP) is 1.47. The Hall–Kier alpha value is -0.900. The fourth-order valence-corrected chi connectivity index (χ4v) is 3.02. The van der Waals surface area contributed by atoms with E-state index in [0.29, 0.717) is 6.04 Å². The van der Waals surface area contributed by atoms with Gasteiger partial charge in [-0.25, -0.2) is 0 Å². The molecule has 2 aliphatic rings. The van der Waals surface area contributed by atoms with Gasteiger partial charge in [-0.1, -0.05) is 18.2 Å². The summed E-state index contributed by atoms with van der Waals surface area (Å²) in [4.78, 5) is 2.56. The molecule has 3 rings (SSSR count). The van der Waals surface area contributed by atoms with E-state index in [1.165, 1.54) is 11.1 Å². The first-order chi connectivity index (χ1) is 8.36. The highest BCUT2D eigenvalue weighted by Gasteiger charge is 2.27. The van der Waals surface area contributed by atoms with Gasteiger partial charge in [-0.2, -0.15) is 0 Å². The maximum atomic E-state index is 5.45. The number of rotatable bonds is 1. The SMILES string of the molecule is Cc1cccc2c1[C@@H](N1CCOCC1)CNC2. The Morgan fingerprint density at radius 2 is 2.12 bits per heavy atom. The van der Waals surface area contributed by atoms with Gasteiger partial charge in [0.2, 0.25) is 0 Å². The average molecular weight is 232 g/mol. The van der Waals surface area contributed by atoms with Crippen LogP contribution in [-0.2, 0) is 11.3 Å². The molecule has 0 aliphatic carbocycles. The summed E-state index contributed by atoms with van der Waals surface area (Å²) >= 11 is 0. The number of aryl methyl sites for hydroxylation is 1. The first kappa shape index (κ1) is 11.2. The van der Waals surface area contributed by atoms with Crippen molar-refractivity contribution >= 4 is 0 Å². The monoisotopic (exact) mass is 232 g/mol. The van der Waals surface area contributed by atoms with Crippen molar-refractivity contribution in [3.05, 3.63) is 34.9 Å². The highest BCUT2D eigenvalue weighted by molar-refractivity contribution is 5.38. The van der Waals surface area contributed by atoms with Crippen molar-refractivity contribution in [3.8, 4) is 0 Å². The summed E-state index contributed by atoms with van der Waals surface area (Å²) in [5.74, 6) is 0. The zero-order chi connectivity index (χ0) is 11.7. The molecule has 0 saturated carbocycles. The lowest BCUT2D eigenvalue weighted by molar-refractivity contribution is 0.0144. The highest BCUT2D eigenvalue weighted by Crippen LogP contribution is 2.30. The zero-order valence-corrected chi connectivity index (χ0v) is 10.4. The van der Waals surface area contributed by atoms with Gasteiger partial charge in [0.05, 0.1) is 13.2 Å². The first-order valence-electron chi connectivity index (χ1n) is 6.47. The molecule has 2 aliphatic heterocycles. The number of nitrogens with one attached hydrogen (secondary N) is 1. The second-order valence-corrected chi connectivity index (χ2v) is 4.94. The molecule has 92 valence electrons. The molecule has 3 heteroatoms. The molecule has 1 N–H and O–H groups in total. The second-order valence-electron chi connectivity index (χ2n) is 4.94. The van der Waals surface area contributed by atoms with E-state index in [9.17, 15) is 0 Å². The van der Waals surface area contributed by atoms with Crippen molar-refractivity contribution in [1.82, 2.24) is 10.2 Å². The molecule has 0 spiro atoms. The summed E-state index contributed by atoms with van der Waals surface area (Å²) < 4.78 is 5.45. The van der Waals surface area contributed by atoms with E-state index in [-0.39, 0.29) is 0 Å². The average Bonchev–Trinajstić information content (AvgIpc) is 2.39. The normalized spacial score (nSPS) is 25.6. The lowest BCUT2D eigenvalue weighted by atomic mass is 9.91. The molecule has 3 nitrogen and oxygen atoms in total. The molecule has 1 saturated heterocycles. The molecule has 1 fully saturated rings. The van der Waals surface area contributed by atoms with Crippen molar-refractivity contribution in [2.45, 2.75) is 19.5 Å². The van der Waals surface area contributed by atoms with Gasteiger partial charge in [0.25, 0.3) is 0 Å². The molecule has 0 aromatic heterocycles. The minimum absolute atomic E-state index is 0.531. The Labute approximate surface area is 103 Å². The summed E-state index contributed by atoms with van der Waals surface area (Å²) in [5, 5.41) is 3.53. The lowest BCUT2D eigenvalue weighted by Crippen LogP contribution is -2.45. The van der Waals surface area contributed by atoms with E-state index in [0.717, 1.165) is 39.4 Å². The van der Waals surface area contributed by atoms with Crippen LogP contribution in [0.15, 0.2) is 18.2 Å². The standard InChI is InChI=1S/C14H20N2O/c1-11-3-2-4-12-9-15-10-13(14(11)12)16-5-7-17-8-6-16/h2-4,13,15H,5-10H2,1H3/t13-/m0/s1. The van der Waals surface area contributed by atoms with Crippen LogP contribution in [0.25, 0.3) is 0 Å². The van der Waals surface area contributed by atoms with Gasteiger partial charge < -0.3 is 10.1 Å². The Kier molecular flexibility index (Phi) is 3.14. The van der Waals surface area contributed by atoms with Gasteiger partial charge in [0.15, 0.2) is 0 Å². The molecule has 2 heterocycles. The van der Waals surface area contributed by atoms with Crippen molar-refractivity contribution in [2.75, 3.05) is 32.8 Å². The number of ether oxygens (including phenoxy) is 1. The topological polar surface area (TPSA) is 24.5 Å². The fraction of sp³-hybridized carbons (Fsp3) is 0.571. The second kappa shape index (κ2) is 4.77. The van der Waals surface area contributed by atoms with Crippen LogP contribution in [0.2, 0.25) is 0 Å². The van der Waals surface area contributed by atoms with E-state index in [1.54, 1.807) is 5.56 Å². The number of fused-ring (bicyclic) bond motifs is 1. The summed E-state index contributed by atoms with van der Waals surface area (Å²) in [6.45, 7) is 8.17. The van der Waals surface area contributed by atoms with Crippen LogP contribution >= 0.6 is 0 Å². The molecular formula is C14H20N2O. The van der Waals surface area contributed by atoms with E-state index < -0.39 is 0 Å². The van der Waals surface area contributed by atoms with Crippen LogP contribution < -0.4 is 5.32 Å². The third kappa shape index (κ3) is 2.10. The van der Waals surface area contributed by atoms with Crippen LogP contribution in [0.3, 0.4) is 0 Å². The molecular weight excluding hydrogens is 212 g/mol. The maximum Gasteiger partial charge on any atom is 0.0594 e. The van der Waals surface area contributed by atoms with Gasteiger partial charge in [0.1, 0.15) is 0 Å². The van der Waals surface area contributed by atoms with E-state index in [2.05, 4.69) is 35.3 Å². The minimum atomic E-state index is 0.531. The van der Waals surface area contributed by atoms with Crippen LogP contribution in [0.1, 0.15) is 22.7 Å². The van der Waals surface area contributed by atoms with Gasteiger partial charge in [-0.15, -0.1) is 0 Å². The highest BCUT2D eigenvalue weighted by atomic mass is 16.5. The Bertz CT molecular complexity index is 399. The fourth-order valence-electron chi connectivity index (χ4n) is 3.02. The Morgan fingerprint density at radius 1 is 1.29 bits per heavy atom. The van der Waals surface area contributed by atoms with Crippen molar-refractivity contribution in [2.24, 2.45) is 0 Å². The van der Waals surface area contributed by atoms with Gasteiger partial charge in [-0.05, 0) is 23.6 Å².